The Morgan fingerprint density at radius 1 is 1.20 bits per heavy atom. The Labute approximate surface area is 89.2 Å². The molecule has 0 rings (SSSR count). The number of aldehydes is 2. The molecule has 0 spiro atoms. The van der Waals surface area contributed by atoms with Crippen LogP contribution in [-0.4, -0.2) is 64.3 Å². The van der Waals surface area contributed by atoms with E-state index in [9.17, 15) is 22.6 Å². The Morgan fingerprint density at radius 3 is 1.60 bits per heavy atom. The Balaban J connectivity index is 0. The maximum Gasteiger partial charge on any atom is 0.217 e. The van der Waals surface area contributed by atoms with E-state index in [1.165, 1.54) is 0 Å². The predicted molar refractivity (Wildman–Crippen MR) is 50.7 cm³/mol. The van der Waals surface area contributed by atoms with Crippen LogP contribution in [0, 0.1) is 0 Å². The molecule has 0 fully saturated rings. The fraction of sp³-hybridized carbons (Fsp3) is 0.714. The molecule has 15 heavy (non-hydrogen) atoms. The van der Waals surface area contributed by atoms with Gasteiger partial charge in [-0.15, -0.1) is 0 Å². The van der Waals surface area contributed by atoms with Gasteiger partial charge in [0.1, 0.15) is 13.1 Å². The molecule has 0 aromatic carbocycles. The first-order valence-corrected chi connectivity index (χ1v) is 5.22. The molecule has 7 nitrogen and oxygen atoms in total. The molecule has 0 aromatic rings. The van der Waals surface area contributed by atoms with Crippen molar-refractivity contribution < 1.29 is 31.2 Å². The van der Waals surface area contributed by atoms with E-state index >= 15 is 0 Å². The Kier molecular flexibility index (Phi) is 8.25. The molecular formula is C7H15NO6S. The van der Waals surface area contributed by atoms with Crippen molar-refractivity contribution in [2.45, 2.75) is 0 Å². The lowest BCUT2D eigenvalue weighted by atomic mass is 10.5. The fourth-order valence-corrected chi connectivity index (χ4v) is 0.478. The van der Waals surface area contributed by atoms with Crippen molar-refractivity contribution in [3.63, 3.8) is 0 Å². The zero-order chi connectivity index (χ0) is 12.5. The smallest absolute Gasteiger partial charge is 0.217 e. The molecule has 0 bridgehead atoms. The third kappa shape index (κ3) is 15.9. The highest BCUT2D eigenvalue weighted by Gasteiger charge is 2.11. The van der Waals surface area contributed by atoms with Crippen LogP contribution in [-0.2, 0) is 24.2 Å². The largest absolute Gasteiger partial charge is 0.726 e. The first kappa shape index (κ1) is 16.6. The van der Waals surface area contributed by atoms with Gasteiger partial charge in [0.15, 0.2) is 12.6 Å². The van der Waals surface area contributed by atoms with E-state index in [1.54, 1.807) is 0 Å². The number of rotatable bonds is 5. The van der Waals surface area contributed by atoms with Crippen molar-refractivity contribution in [3.05, 3.63) is 0 Å². The third-order valence-corrected chi connectivity index (χ3v) is 1.75. The van der Waals surface area contributed by atoms with Crippen LogP contribution in [0.2, 0.25) is 0 Å². The lowest BCUT2D eigenvalue weighted by Crippen LogP contribution is -2.42. The van der Waals surface area contributed by atoms with Crippen LogP contribution in [0.25, 0.3) is 0 Å². The zero-order valence-corrected chi connectivity index (χ0v) is 9.69. The lowest BCUT2D eigenvalue weighted by Gasteiger charge is -2.23. The number of carbonyl (C=O) groups excluding carboxylic acids is 2. The summed E-state index contributed by atoms with van der Waals surface area (Å²) in [5.74, 6) is 0. The van der Waals surface area contributed by atoms with E-state index in [2.05, 4.69) is 4.18 Å². The summed E-state index contributed by atoms with van der Waals surface area (Å²) in [4.78, 5) is 19.9. The van der Waals surface area contributed by atoms with Gasteiger partial charge in [0.25, 0.3) is 0 Å². The van der Waals surface area contributed by atoms with Gasteiger partial charge in [-0.3, -0.25) is 13.8 Å². The normalized spacial score (nSPS) is 11.2. The van der Waals surface area contributed by atoms with Crippen molar-refractivity contribution in [1.82, 2.24) is 0 Å². The van der Waals surface area contributed by atoms with Gasteiger partial charge in [-0.1, -0.05) is 0 Å². The van der Waals surface area contributed by atoms with Gasteiger partial charge in [-0.2, -0.15) is 0 Å². The first-order valence-electron chi connectivity index (χ1n) is 3.89. The van der Waals surface area contributed by atoms with Crippen LogP contribution in [0.5, 0.6) is 0 Å². The molecule has 90 valence electrons. The Hall–Kier alpha value is -0.830. The van der Waals surface area contributed by atoms with Crippen molar-refractivity contribution in [2.75, 3.05) is 34.3 Å². The number of hydrogen-bond acceptors (Lipinski definition) is 6. The Morgan fingerprint density at radius 2 is 1.47 bits per heavy atom. The van der Waals surface area contributed by atoms with Gasteiger partial charge < -0.3 is 9.04 Å². The monoisotopic (exact) mass is 241 g/mol. The van der Waals surface area contributed by atoms with E-state index < -0.39 is 10.4 Å². The van der Waals surface area contributed by atoms with Crippen LogP contribution >= 0.6 is 0 Å². The third-order valence-electron chi connectivity index (χ3n) is 1.34. The molecule has 0 saturated carbocycles. The van der Waals surface area contributed by atoms with E-state index in [1.807, 2.05) is 14.1 Å². The van der Waals surface area contributed by atoms with Crippen LogP contribution < -0.4 is 0 Å². The molecule has 0 atom stereocenters. The van der Waals surface area contributed by atoms with E-state index in [0.717, 1.165) is 19.7 Å². The molecule has 0 N–H and O–H groups in total. The maximum absolute atomic E-state index is 9.96. The lowest BCUT2D eigenvalue weighted by molar-refractivity contribution is -0.872. The number of likely N-dealkylation sites (N-methyl/N-ethyl adjacent to an activating group) is 1. The summed E-state index contributed by atoms with van der Waals surface area (Å²) in [6, 6.07) is 0. The van der Waals surface area contributed by atoms with Crippen molar-refractivity contribution in [3.8, 4) is 0 Å². The van der Waals surface area contributed by atoms with E-state index in [-0.39, 0.29) is 0 Å². The highest BCUT2D eigenvalue weighted by Crippen LogP contribution is 1.89. The minimum Gasteiger partial charge on any atom is -0.726 e. The average molecular weight is 241 g/mol. The molecular weight excluding hydrogens is 226 g/mol. The molecule has 8 heteroatoms. The summed E-state index contributed by atoms with van der Waals surface area (Å²) in [5.41, 5.74) is 0. The van der Waals surface area contributed by atoms with Gasteiger partial charge in [0.2, 0.25) is 10.4 Å². The standard InChI is InChI=1S/C6H12NO2.CH4O4S/c1-7(2,3-5-8)4-6-9;1-5-6(2,3)4/h5-6H,3-4H2,1-2H3;1H3,(H,2,3,4)/q+1;/p-1. The van der Waals surface area contributed by atoms with Crippen LogP contribution in [0.3, 0.4) is 0 Å². The highest BCUT2D eigenvalue weighted by atomic mass is 32.3. The van der Waals surface area contributed by atoms with E-state index in [0.29, 0.717) is 17.6 Å². The summed E-state index contributed by atoms with van der Waals surface area (Å²) in [7, 11) is 0.0681. The number of quaternary nitrogens is 1. The number of hydrogen-bond donors (Lipinski definition) is 0. The second-order valence-corrected chi connectivity index (χ2v) is 4.36. The molecule has 0 aliphatic rings. The summed E-state index contributed by atoms with van der Waals surface area (Å²) in [6.45, 7) is 0.803. The van der Waals surface area contributed by atoms with Crippen LogP contribution in [0.1, 0.15) is 0 Å². The summed E-state index contributed by atoms with van der Waals surface area (Å²) in [6.07, 6.45) is 1.65. The summed E-state index contributed by atoms with van der Waals surface area (Å²) in [5, 5.41) is 0. The minimum absolute atomic E-state index is 0.402. The predicted octanol–water partition coefficient (Wildman–Crippen LogP) is -1.45. The molecule has 0 aliphatic carbocycles. The first-order chi connectivity index (χ1) is 6.68. The van der Waals surface area contributed by atoms with Gasteiger partial charge in [0.05, 0.1) is 21.2 Å². The van der Waals surface area contributed by atoms with Crippen LogP contribution in [0.15, 0.2) is 0 Å². The zero-order valence-electron chi connectivity index (χ0n) is 8.87. The van der Waals surface area contributed by atoms with Crippen molar-refractivity contribution in [2.24, 2.45) is 0 Å². The van der Waals surface area contributed by atoms with Gasteiger partial charge in [-0.05, 0) is 0 Å². The summed E-state index contributed by atoms with van der Waals surface area (Å²) < 4.78 is 31.5. The van der Waals surface area contributed by atoms with Gasteiger partial charge >= 0.3 is 0 Å². The minimum atomic E-state index is -4.41. The molecule has 0 heterocycles. The fourth-order valence-electron chi connectivity index (χ4n) is 0.478. The number of carbonyl (C=O) groups is 2. The topological polar surface area (TPSA) is 101 Å². The van der Waals surface area contributed by atoms with Crippen molar-refractivity contribution >= 4 is 23.0 Å². The van der Waals surface area contributed by atoms with E-state index in [4.69, 9.17) is 0 Å². The highest BCUT2D eigenvalue weighted by molar-refractivity contribution is 7.80. The molecule has 0 amide bonds. The number of nitrogens with zero attached hydrogens (tertiary/aromatic N) is 1. The summed E-state index contributed by atoms with van der Waals surface area (Å²) >= 11 is 0. The van der Waals surface area contributed by atoms with Gasteiger partial charge in [0, 0.05) is 0 Å². The maximum atomic E-state index is 9.96. The molecule has 0 unspecified atom stereocenters. The quantitative estimate of drug-likeness (QED) is 0.253. The second-order valence-electron chi connectivity index (χ2n) is 3.21. The molecule has 0 radical (unpaired) electrons. The van der Waals surface area contributed by atoms with Crippen LogP contribution in [0.4, 0.5) is 0 Å². The Bertz CT molecular complexity index is 272. The average Bonchev–Trinajstić information content (AvgIpc) is 2.03. The second kappa shape index (κ2) is 7.46. The molecule has 0 aliphatic heterocycles. The van der Waals surface area contributed by atoms with Crippen molar-refractivity contribution in [1.29, 1.82) is 0 Å². The molecule has 0 saturated heterocycles. The van der Waals surface area contributed by atoms with Gasteiger partial charge in [-0.25, -0.2) is 8.42 Å². The molecule has 0 aromatic heterocycles. The SMILES string of the molecule is COS(=O)(=O)[O-].C[N+](C)(CC=O)CC=O.